The molecule has 0 spiro atoms. The summed E-state index contributed by atoms with van der Waals surface area (Å²) in [6.45, 7) is 10.3. The first-order valence-corrected chi connectivity index (χ1v) is 11.3. The van der Waals surface area contributed by atoms with Gasteiger partial charge in [0.2, 0.25) is 5.91 Å². The SMILES string of the molecule is COc1ccccc1[C@@H]1CN(C(=O)OC(C)(C)C)CCN1CC1(O)CCN(C(C)=O)CC1. The van der Waals surface area contributed by atoms with E-state index in [4.69, 9.17) is 9.47 Å². The van der Waals surface area contributed by atoms with Crippen molar-refractivity contribution in [3.8, 4) is 5.75 Å². The maximum atomic E-state index is 12.8. The molecule has 2 saturated heterocycles. The maximum Gasteiger partial charge on any atom is 0.410 e. The molecule has 1 aromatic carbocycles. The van der Waals surface area contributed by atoms with Crippen LogP contribution in [0.5, 0.6) is 5.75 Å². The van der Waals surface area contributed by atoms with E-state index in [1.54, 1.807) is 23.8 Å². The number of benzene rings is 1. The van der Waals surface area contributed by atoms with Crippen molar-refractivity contribution in [3.05, 3.63) is 29.8 Å². The van der Waals surface area contributed by atoms with Crippen LogP contribution in [0.1, 0.15) is 52.1 Å². The lowest BCUT2D eigenvalue weighted by molar-refractivity contribution is -0.134. The van der Waals surface area contributed by atoms with Gasteiger partial charge in [0.1, 0.15) is 11.4 Å². The van der Waals surface area contributed by atoms with Gasteiger partial charge in [-0.05, 0) is 39.7 Å². The van der Waals surface area contributed by atoms with E-state index in [-0.39, 0.29) is 18.0 Å². The Morgan fingerprint density at radius 3 is 2.34 bits per heavy atom. The Morgan fingerprint density at radius 1 is 1.09 bits per heavy atom. The van der Waals surface area contributed by atoms with Gasteiger partial charge in [-0.15, -0.1) is 0 Å². The van der Waals surface area contributed by atoms with E-state index in [9.17, 15) is 14.7 Å². The molecule has 2 heterocycles. The molecule has 1 atom stereocenters. The van der Waals surface area contributed by atoms with Gasteiger partial charge in [-0.1, -0.05) is 18.2 Å². The molecule has 8 nitrogen and oxygen atoms in total. The molecule has 8 heteroatoms. The summed E-state index contributed by atoms with van der Waals surface area (Å²) in [6.07, 6.45) is 0.750. The first kappa shape index (κ1) is 24.3. The number of piperazine rings is 1. The van der Waals surface area contributed by atoms with Crippen LogP contribution in [0.3, 0.4) is 0 Å². The monoisotopic (exact) mass is 447 g/mol. The molecule has 2 amide bonds. The quantitative estimate of drug-likeness (QED) is 0.764. The van der Waals surface area contributed by atoms with Gasteiger partial charge in [0.15, 0.2) is 0 Å². The van der Waals surface area contributed by atoms with Gasteiger partial charge in [-0.25, -0.2) is 4.79 Å². The number of methoxy groups -OCH3 is 1. The molecular formula is C24H37N3O5. The Balaban J connectivity index is 1.80. The molecule has 0 aromatic heterocycles. The summed E-state index contributed by atoms with van der Waals surface area (Å²) in [5, 5.41) is 11.3. The third-order valence-corrected chi connectivity index (χ3v) is 6.28. The average molecular weight is 448 g/mol. The minimum atomic E-state index is -0.875. The van der Waals surface area contributed by atoms with Crippen molar-refractivity contribution in [1.29, 1.82) is 0 Å². The third kappa shape index (κ3) is 5.92. The predicted octanol–water partition coefficient (Wildman–Crippen LogP) is 2.66. The Morgan fingerprint density at radius 2 is 1.75 bits per heavy atom. The summed E-state index contributed by atoms with van der Waals surface area (Å²) in [5.74, 6) is 0.803. The summed E-state index contributed by atoms with van der Waals surface area (Å²) < 4.78 is 11.2. The van der Waals surface area contributed by atoms with Crippen LogP contribution in [0.2, 0.25) is 0 Å². The highest BCUT2D eigenvalue weighted by Crippen LogP contribution is 2.35. The van der Waals surface area contributed by atoms with Crippen molar-refractivity contribution in [3.63, 3.8) is 0 Å². The minimum absolute atomic E-state index is 0.0462. The number of piperidine rings is 1. The van der Waals surface area contributed by atoms with Crippen molar-refractivity contribution >= 4 is 12.0 Å². The normalized spacial score (nSPS) is 21.9. The second kappa shape index (κ2) is 9.67. The lowest BCUT2D eigenvalue weighted by atomic mass is 9.89. The number of likely N-dealkylation sites (tertiary alicyclic amines) is 1. The summed E-state index contributed by atoms with van der Waals surface area (Å²) in [5.41, 5.74) is -0.457. The largest absolute Gasteiger partial charge is 0.496 e. The molecule has 0 radical (unpaired) electrons. The van der Waals surface area contributed by atoms with E-state index in [2.05, 4.69) is 4.90 Å². The van der Waals surface area contributed by atoms with Crippen LogP contribution in [0.4, 0.5) is 4.79 Å². The van der Waals surface area contributed by atoms with Crippen LogP contribution in [-0.2, 0) is 9.53 Å². The molecule has 0 unspecified atom stereocenters. The maximum absolute atomic E-state index is 12.8. The zero-order valence-electron chi connectivity index (χ0n) is 20.0. The Hall–Kier alpha value is -2.32. The van der Waals surface area contributed by atoms with Gasteiger partial charge in [-0.2, -0.15) is 0 Å². The van der Waals surface area contributed by atoms with Crippen LogP contribution in [0.25, 0.3) is 0 Å². The molecule has 0 bridgehead atoms. The van der Waals surface area contributed by atoms with Crippen LogP contribution in [-0.4, -0.2) is 89.4 Å². The molecule has 1 N–H and O–H groups in total. The van der Waals surface area contributed by atoms with Gasteiger partial charge in [0, 0.05) is 51.8 Å². The van der Waals surface area contributed by atoms with Crippen molar-refractivity contribution in [2.24, 2.45) is 0 Å². The van der Waals surface area contributed by atoms with Crippen molar-refractivity contribution < 1.29 is 24.2 Å². The lowest BCUT2D eigenvalue weighted by Gasteiger charge is -2.47. The van der Waals surface area contributed by atoms with Gasteiger partial charge in [-0.3, -0.25) is 9.69 Å². The minimum Gasteiger partial charge on any atom is -0.496 e. The van der Waals surface area contributed by atoms with Gasteiger partial charge in [0.05, 0.1) is 18.8 Å². The zero-order valence-corrected chi connectivity index (χ0v) is 20.0. The Bertz CT molecular complexity index is 814. The van der Waals surface area contributed by atoms with E-state index >= 15 is 0 Å². The van der Waals surface area contributed by atoms with E-state index < -0.39 is 11.2 Å². The number of para-hydroxylation sites is 1. The van der Waals surface area contributed by atoms with E-state index in [1.165, 1.54) is 0 Å². The highest BCUT2D eigenvalue weighted by molar-refractivity contribution is 5.73. The fourth-order valence-corrected chi connectivity index (χ4v) is 4.51. The van der Waals surface area contributed by atoms with Crippen molar-refractivity contribution in [2.75, 3.05) is 46.4 Å². The molecule has 32 heavy (non-hydrogen) atoms. The molecule has 3 rings (SSSR count). The van der Waals surface area contributed by atoms with Crippen LogP contribution in [0.15, 0.2) is 24.3 Å². The number of rotatable bonds is 4. The van der Waals surface area contributed by atoms with E-state index in [0.29, 0.717) is 52.1 Å². The fraction of sp³-hybridized carbons (Fsp3) is 0.667. The van der Waals surface area contributed by atoms with Crippen LogP contribution >= 0.6 is 0 Å². The second-order valence-electron chi connectivity index (χ2n) is 9.88. The second-order valence-corrected chi connectivity index (χ2v) is 9.88. The molecule has 2 aliphatic rings. The number of hydrogen-bond acceptors (Lipinski definition) is 6. The van der Waals surface area contributed by atoms with Gasteiger partial charge < -0.3 is 24.4 Å². The highest BCUT2D eigenvalue weighted by atomic mass is 16.6. The fourth-order valence-electron chi connectivity index (χ4n) is 4.51. The first-order valence-electron chi connectivity index (χ1n) is 11.3. The van der Waals surface area contributed by atoms with Crippen molar-refractivity contribution in [2.45, 2.75) is 57.8 Å². The first-order chi connectivity index (χ1) is 15.0. The highest BCUT2D eigenvalue weighted by Gasteiger charge is 2.40. The molecule has 0 aliphatic carbocycles. The van der Waals surface area contributed by atoms with E-state index in [0.717, 1.165) is 11.3 Å². The summed E-state index contributed by atoms with van der Waals surface area (Å²) in [7, 11) is 1.64. The number of β-amino-alcohol motifs (C(OH)–C–C–N with tert-alkyl or cyclic N) is 1. The average Bonchev–Trinajstić information content (AvgIpc) is 2.73. The van der Waals surface area contributed by atoms with Crippen LogP contribution in [0, 0.1) is 0 Å². The number of nitrogens with zero attached hydrogens (tertiary/aromatic N) is 3. The number of amides is 2. The third-order valence-electron chi connectivity index (χ3n) is 6.28. The molecule has 1 aromatic rings. The topological polar surface area (TPSA) is 82.5 Å². The zero-order chi connectivity index (χ0) is 23.5. The van der Waals surface area contributed by atoms with Crippen molar-refractivity contribution in [1.82, 2.24) is 14.7 Å². The summed E-state index contributed by atoms with van der Waals surface area (Å²) >= 11 is 0. The summed E-state index contributed by atoms with van der Waals surface area (Å²) in [6, 6.07) is 7.67. The standard InChI is InChI=1S/C24H37N3O5/c1-18(28)25-12-10-24(30,11-13-25)17-27-15-14-26(22(29)32-23(2,3)4)16-20(27)19-8-6-7-9-21(19)31-5/h6-9,20,30H,10-17H2,1-5H3/t20-/m0/s1. The number of carbonyl (C=O) groups is 2. The predicted molar refractivity (Wildman–Crippen MR) is 122 cm³/mol. The number of aliphatic hydroxyl groups is 1. The molecular weight excluding hydrogens is 410 g/mol. The molecule has 178 valence electrons. The molecule has 0 saturated carbocycles. The molecule has 2 aliphatic heterocycles. The van der Waals surface area contributed by atoms with Crippen LogP contribution < -0.4 is 4.74 Å². The smallest absolute Gasteiger partial charge is 0.410 e. The van der Waals surface area contributed by atoms with E-state index in [1.807, 2.05) is 45.0 Å². The lowest BCUT2D eigenvalue weighted by Crippen LogP contribution is -2.57. The summed E-state index contributed by atoms with van der Waals surface area (Å²) in [4.78, 5) is 30.2. The van der Waals surface area contributed by atoms with Gasteiger partial charge >= 0.3 is 6.09 Å². The van der Waals surface area contributed by atoms with Gasteiger partial charge in [0.25, 0.3) is 0 Å². The Kier molecular flexibility index (Phi) is 7.35. The Labute approximate surface area is 191 Å². The molecule has 2 fully saturated rings. The number of hydrogen-bond donors (Lipinski definition) is 1. The number of carbonyl (C=O) groups excluding carboxylic acids is 2. The number of ether oxygens (including phenoxy) is 2.